The van der Waals surface area contributed by atoms with Gasteiger partial charge < -0.3 is 5.32 Å². The number of benzene rings is 1. The molecule has 1 aliphatic heterocycles. The van der Waals surface area contributed by atoms with Crippen LogP contribution in [-0.4, -0.2) is 42.2 Å². The van der Waals surface area contributed by atoms with Crippen LogP contribution in [0, 0.1) is 19.8 Å². The number of sulfonamides is 1. The van der Waals surface area contributed by atoms with Crippen molar-refractivity contribution < 1.29 is 13.2 Å². The van der Waals surface area contributed by atoms with Crippen molar-refractivity contribution in [1.82, 2.24) is 14.6 Å². The lowest BCUT2D eigenvalue weighted by Crippen LogP contribution is -2.51. The Morgan fingerprint density at radius 2 is 2.00 bits per heavy atom. The Hall–Kier alpha value is -2.25. The predicted molar refractivity (Wildman–Crippen MR) is 102 cm³/mol. The molecule has 2 heterocycles. The topological polar surface area (TPSA) is 79.4 Å². The Morgan fingerprint density at radius 1 is 1.19 bits per heavy atom. The first-order chi connectivity index (χ1) is 12.9. The van der Waals surface area contributed by atoms with Crippen LogP contribution in [0.3, 0.4) is 0 Å². The molecule has 2 fully saturated rings. The van der Waals surface area contributed by atoms with Crippen molar-refractivity contribution in [3.05, 3.63) is 59.4 Å². The summed E-state index contributed by atoms with van der Waals surface area (Å²) in [6, 6.07) is 8.32. The maximum absolute atomic E-state index is 13.2. The molecule has 27 heavy (non-hydrogen) atoms. The highest BCUT2D eigenvalue weighted by molar-refractivity contribution is 7.89. The molecule has 7 heteroatoms. The second-order valence-electron chi connectivity index (χ2n) is 7.55. The highest BCUT2D eigenvalue weighted by atomic mass is 32.2. The first kappa shape index (κ1) is 18.1. The summed E-state index contributed by atoms with van der Waals surface area (Å²) in [6.45, 7) is 4.41. The number of nitrogens with zero attached hydrogens (tertiary/aromatic N) is 2. The van der Waals surface area contributed by atoms with E-state index in [0.717, 1.165) is 24.0 Å². The third-order valence-corrected chi connectivity index (χ3v) is 7.65. The van der Waals surface area contributed by atoms with E-state index in [1.807, 2.05) is 19.9 Å². The summed E-state index contributed by atoms with van der Waals surface area (Å²) < 4.78 is 28.0. The quantitative estimate of drug-likeness (QED) is 0.876. The summed E-state index contributed by atoms with van der Waals surface area (Å²) in [5, 5.41) is 3.02. The molecule has 6 nitrogen and oxygen atoms in total. The smallest absolute Gasteiger partial charge is 0.253 e. The van der Waals surface area contributed by atoms with Crippen molar-refractivity contribution in [1.29, 1.82) is 0 Å². The average molecular weight is 385 g/mol. The van der Waals surface area contributed by atoms with Crippen LogP contribution >= 0.6 is 0 Å². The molecule has 0 radical (unpaired) electrons. The summed E-state index contributed by atoms with van der Waals surface area (Å²) in [5.74, 6) is 0.0831. The average Bonchev–Trinajstić information content (AvgIpc) is 3.25. The van der Waals surface area contributed by atoms with E-state index in [2.05, 4.69) is 10.3 Å². The van der Waals surface area contributed by atoms with Crippen molar-refractivity contribution in [3.8, 4) is 0 Å². The molecule has 2 aromatic rings. The zero-order chi connectivity index (χ0) is 19.2. The maximum atomic E-state index is 13.2. The van der Waals surface area contributed by atoms with Crippen LogP contribution in [0.15, 0.2) is 47.6 Å². The van der Waals surface area contributed by atoms with Crippen LogP contribution in [-0.2, 0) is 10.0 Å². The number of piperidine rings is 1. The number of aryl methyl sites for hydroxylation is 2. The van der Waals surface area contributed by atoms with Gasteiger partial charge in [-0.1, -0.05) is 6.07 Å². The van der Waals surface area contributed by atoms with Gasteiger partial charge in [0, 0.05) is 31.0 Å². The molecule has 1 aromatic carbocycles. The zero-order valence-corrected chi connectivity index (χ0v) is 16.2. The normalized spacial score (nSPS) is 24.9. The summed E-state index contributed by atoms with van der Waals surface area (Å²) in [4.78, 5) is 16.8. The summed E-state index contributed by atoms with van der Waals surface area (Å²) >= 11 is 0. The zero-order valence-electron chi connectivity index (χ0n) is 15.4. The lowest BCUT2D eigenvalue weighted by Gasteiger charge is -2.33. The molecule has 142 valence electrons. The van der Waals surface area contributed by atoms with E-state index >= 15 is 0 Å². The Bertz CT molecular complexity index is 975. The van der Waals surface area contributed by atoms with Gasteiger partial charge in [0.05, 0.1) is 10.5 Å². The molecule has 3 atom stereocenters. The molecular formula is C20H23N3O3S. The van der Waals surface area contributed by atoms with E-state index < -0.39 is 10.0 Å². The van der Waals surface area contributed by atoms with Gasteiger partial charge in [0.25, 0.3) is 5.91 Å². The van der Waals surface area contributed by atoms with Crippen molar-refractivity contribution in [2.24, 2.45) is 5.92 Å². The van der Waals surface area contributed by atoms with Crippen LogP contribution in [0.25, 0.3) is 0 Å². The lowest BCUT2D eigenvalue weighted by molar-refractivity contribution is 0.0916. The Balaban J connectivity index is 1.55. The van der Waals surface area contributed by atoms with E-state index in [9.17, 15) is 13.2 Å². The summed E-state index contributed by atoms with van der Waals surface area (Å²) in [7, 11) is -3.57. The van der Waals surface area contributed by atoms with Gasteiger partial charge in [-0.2, -0.15) is 4.31 Å². The Kier molecular flexibility index (Phi) is 4.52. The second kappa shape index (κ2) is 6.73. The van der Waals surface area contributed by atoms with E-state index in [1.54, 1.807) is 34.8 Å². The Labute approximate surface area is 159 Å². The van der Waals surface area contributed by atoms with Crippen LogP contribution in [0.2, 0.25) is 0 Å². The van der Waals surface area contributed by atoms with Crippen molar-refractivity contribution in [2.75, 3.05) is 6.54 Å². The van der Waals surface area contributed by atoms with Crippen LogP contribution in [0.4, 0.5) is 0 Å². The summed E-state index contributed by atoms with van der Waals surface area (Å²) in [5.41, 5.74) is 2.52. The van der Waals surface area contributed by atoms with E-state index in [4.69, 9.17) is 0 Å². The minimum Gasteiger partial charge on any atom is -0.348 e. The molecule has 2 aliphatic rings. The van der Waals surface area contributed by atoms with Gasteiger partial charge in [-0.15, -0.1) is 0 Å². The molecule has 2 bridgehead atoms. The third-order valence-electron chi connectivity index (χ3n) is 5.76. The van der Waals surface area contributed by atoms with Crippen LogP contribution < -0.4 is 5.32 Å². The van der Waals surface area contributed by atoms with Gasteiger partial charge in [-0.25, -0.2) is 8.42 Å². The monoisotopic (exact) mass is 385 g/mol. The van der Waals surface area contributed by atoms with Gasteiger partial charge in [-0.3, -0.25) is 9.78 Å². The number of amides is 1. The SMILES string of the molecule is Cc1ccc(S(=O)(=O)N2C[C@@H]3C[C@H](NC(=O)c4cccnc4)[C@H]2C3)cc1C. The predicted octanol–water partition coefficient (Wildman–Crippen LogP) is 2.28. The molecule has 1 N–H and O–H groups in total. The molecule has 0 spiro atoms. The number of nitrogens with one attached hydrogen (secondary N) is 1. The third kappa shape index (κ3) is 3.26. The molecule has 1 aliphatic carbocycles. The van der Waals surface area contributed by atoms with E-state index in [1.165, 1.54) is 6.20 Å². The number of hydrogen-bond acceptors (Lipinski definition) is 4. The minimum atomic E-state index is -3.57. The fourth-order valence-corrected chi connectivity index (χ4v) is 6.00. The van der Waals surface area contributed by atoms with Crippen molar-refractivity contribution in [3.63, 3.8) is 0 Å². The molecule has 1 aromatic heterocycles. The van der Waals surface area contributed by atoms with Crippen LogP contribution in [0.1, 0.15) is 34.3 Å². The number of fused-ring (bicyclic) bond motifs is 2. The molecule has 1 amide bonds. The van der Waals surface area contributed by atoms with Gasteiger partial charge in [0.2, 0.25) is 10.0 Å². The molecule has 0 unspecified atom stereocenters. The van der Waals surface area contributed by atoms with Gasteiger partial charge in [0.1, 0.15) is 0 Å². The first-order valence-corrected chi connectivity index (χ1v) is 10.6. The van der Waals surface area contributed by atoms with Crippen molar-refractivity contribution >= 4 is 15.9 Å². The molecule has 4 rings (SSSR count). The van der Waals surface area contributed by atoms with Gasteiger partial charge >= 0.3 is 0 Å². The standard InChI is InChI=1S/C20H23N3O3S/c1-13-5-6-17(8-14(13)2)27(25,26)23-12-15-9-18(19(23)10-15)22-20(24)16-4-3-7-21-11-16/h3-8,11,15,18-19H,9-10,12H2,1-2H3,(H,22,24)/t15-,18+,19-/m1/s1. The molecule has 1 saturated heterocycles. The van der Waals surface area contributed by atoms with E-state index in [-0.39, 0.29) is 23.9 Å². The summed E-state index contributed by atoms with van der Waals surface area (Å²) in [6.07, 6.45) is 4.75. The maximum Gasteiger partial charge on any atom is 0.253 e. The molecule has 1 saturated carbocycles. The fraction of sp³-hybridized carbons (Fsp3) is 0.400. The van der Waals surface area contributed by atoms with Gasteiger partial charge in [0.15, 0.2) is 0 Å². The first-order valence-electron chi connectivity index (χ1n) is 9.16. The number of aromatic nitrogens is 1. The molecular weight excluding hydrogens is 362 g/mol. The second-order valence-corrected chi connectivity index (χ2v) is 9.44. The highest BCUT2D eigenvalue weighted by Gasteiger charge is 2.50. The minimum absolute atomic E-state index is 0.169. The van der Waals surface area contributed by atoms with E-state index in [0.29, 0.717) is 17.0 Å². The number of carbonyl (C=O) groups excluding carboxylic acids is 1. The number of pyridine rings is 1. The fourth-order valence-electron chi connectivity index (χ4n) is 4.17. The van der Waals surface area contributed by atoms with Crippen molar-refractivity contribution in [2.45, 2.75) is 43.7 Å². The van der Waals surface area contributed by atoms with Crippen LogP contribution in [0.5, 0.6) is 0 Å². The Morgan fingerprint density at radius 3 is 2.67 bits per heavy atom. The van der Waals surface area contributed by atoms with Gasteiger partial charge in [-0.05, 0) is 68.0 Å². The highest BCUT2D eigenvalue weighted by Crippen LogP contribution is 2.41. The largest absolute Gasteiger partial charge is 0.348 e. The number of carbonyl (C=O) groups is 1. The number of rotatable bonds is 4. The lowest BCUT2D eigenvalue weighted by atomic mass is 10.1. The number of hydrogen-bond donors (Lipinski definition) is 1.